The number of thioether (sulfide) groups is 1. The maximum absolute atomic E-state index is 11.7. The Hall–Kier alpha value is -1.37. The molecule has 1 aliphatic heterocycles. The Kier molecular flexibility index (Phi) is 7.58. The van der Waals surface area contributed by atoms with E-state index in [1.165, 1.54) is 17.3 Å². The van der Waals surface area contributed by atoms with Crippen molar-refractivity contribution in [3.05, 3.63) is 29.8 Å². The fraction of sp³-hybridized carbons (Fsp3) is 0.529. The van der Waals surface area contributed by atoms with Crippen LogP contribution >= 0.6 is 11.8 Å². The number of hydrogen-bond donors (Lipinski definition) is 2. The SMILES string of the molecule is O=C1CCC(Sc2ccc(CCCOCCCO)cc2)C(=O)N1. The first-order chi connectivity index (χ1) is 11.2. The lowest BCUT2D eigenvalue weighted by molar-refractivity contribution is -0.132. The van der Waals surface area contributed by atoms with Crippen molar-refractivity contribution in [3.8, 4) is 0 Å². The largest absolute Gasteiger partial charge is 0.396 e. The highest BCUT2D eigenvalue weighted by Crippen LogP contribution is 2.28. The zero-order chi connectivity index (χ0) is 16.5. The maximum atomic E-state index is 11.7. The molecule has 1 aromatic carbocycles. The summed E-state index contributed by atoms with van der Waals surface area (Å²) < 4.78 is 5.40. The van der Waals surface area contributed by atoms with Crippen molar-refractivity contribution in [2.75, 3.05) is 19.8 Å². The van der Waals surface area contributed by atoms with Gasteiger partial charge in [0.15, 0.2) is 0 Å². The highest BCUT2D eigenvalue weighted by atomic mass is 32.2. The van der Waals surface area contributed by atoms with Crippen molar-refractivity contribution in [2.45, 2.75) is 42.2 Å². The average Bonchev–Trinajstić information content (AvgIpc) is 2.55. The van der Waals surface area contributed by atoms with E-state index in [1.54, 1.807) is 0 Å². The fourth-order valence-electron chi connectivity index (χ4n) is 2.33. The van der Waals surface area contributed by atoms with Crippen molar-refractivity contribution in [1.82, 2.24) is 5.32 Å². The summed E-state index contributed by atoms with van der Waals surface area (Å²) in [6.45, 7) is 1.48. The van der Waals surface area contributed by atoms with Gasteiger partial charge in [0, 0.05) is 31.1 Å². The number of nitrogens with one attached hydrogen (secondary N) is 1. The highest BCUT2D eigenvalue weighted by molar-refractivity contribution is 8.00. The van der Waals surface area contributed by atoms with Gasteiger partial charge in [-0.15, -0.1) is 11.8 Å². The number of amides is 2. The van der Waals surface area contributed by atoms with E-state index in [0.717, 1.165) is 17.7 Å². The number of rotatable bonds is 9. The molecule has 0 bridgehead atoms. The summed E-state index contributed by atoms with van der Waals surface area (Å²) in [6, 6.07) is 8.19. The molecule has 0 radical (unpaired) electrons. The average molecular weight is 337 g/mol. The van der Waals surface area contributed by atoms with E-state index in [4.69, 9.17) is 9.84 Å². The molecule has 0 saturated carbocycles. The van der Waals surface area contributed by atoms with Crippen LogP contribution in [-0.2, 0) is 20.7 Å². The topological polar surface area (TPSA) is 75.6 Å². The molecule has 1 atom stereocenters. The molecule has 1 unspecified atom stereocenters. The first-order valence-corrected chi connectivity index (χ1v) is 8.85. The number of carbonyl (C=O) groups is 2. The van der Waals surface area contributed by atoms with Crippen LogP contribution in [-0.4, -0.2) is 42.0 Å². The van der Waals surface area contributed by atoms with Crippen LogP contribution in [0.4, 0.5) is 0 Å². The predicted molar refractivity (Wildman–Crippen MR) is 89.3 cm³/mol. The lowest BCUT2D eigenvalue weighted by Crippen LogP contribution is -2.42. The normalized spacial score (nSPS) is 18.0. The third-order valence-corrected chi connectivity index (χ3v) is 4.87. The number of benzene rings is 1. The Morgan fingerprint density at radius 3 is 2.61 bits per heavy atom. The molecule has 0 aliphatic carbocycles. The smallest absolute Gasteiger partial charge is 0.240 e. The van der Waals surface area contributed by atoms with E-state index >= 15 is 0 Å². The Balaban J connectivity index is 1.72. The zero-order valence-electron chi connectivity index (χ0n) is 13.1. The predicted octanol–water partition coefficient (Wildman–Crippen LogP) is 1.92. The second-order valence-corrected chi connectivity index (χ2v) is 6.77. The van der Waals surface area contributed by atoms with Crippen LogP contribution in [0.3, 0.4) is 0 Å². The van der Waals surface area contributed by atoms with E-state index < -0.39 is 0 Å². The van der Waals surface area contributed by atoms with Gasteiger partial charge in [-0.3, -0.25) is 14.9 Å². The molecule has 0 spiro atoms. The van der Waals surface area contributed by atoms with Crippen LogP contribution in [0.2, 0.25) is 0 Å². The quantitative estimate of drug-likeness (QED) is 0.532. The maximum Gasteiger partial charge on any atom is 0.240 e. The van der Waals surface area contributed by atoms with Crippen molar-refractivity contribution in [2.24, 2.45) is 0 Å². The van der Waals surface area contributed by atoms with E-state index in [1.807, 2.05) is 12.1 Å². The van der Waals surface area contributed by atoms with Crippen molar-refractivity contribution < 1.29 is 19.4 Å². The highest BCUT2D eigenvalue weighted by Gasteiger charge is 2.27. The fourth-order valence-corrected chi connectivity index (χ4v) is 3.36. The molecule has 2 rings (SSSR count). The number of aliphatic hydroxyl groups excluding tert-OH is 1. The van der Waals surface area contributed by atoms with Gasteiger partial charge in [0.1, 0.15) is 0 Å². The summed E-state index contributed by atoms with van der Waals surface area (Å²) in [4.78, 5) is 23.9. The Morgan fingerprint density at radius 1 is 1.17 bits per heavy atom. The van der Waals surface area contributed by atoms with Crippen LogP contribution in [0, 0.1) is 0 Å². The van der Waals surface area contributed by atoms with Crippen LogP contribution in [0.15, 0.2) is 29.2 Å². The van der Waals surface area contributed by atoms with Gasteiger partial charge in [-0.2, -0.15) is 0 Å². The molecule has 5 nitrogen and oxygen atoms in total. The van der Waals surface area contributed by atoms with Gasteiger partial charge in [-0.25, -0.2) is 0 Å². The number of hydrogen-bond acceptors (Lipinski definition) is 5. The van der Waals surface area contributed by atoms with Gasteiger partial charge in [0.25, 0.3) is 0 Å². The summed E-state index contributed by atoms with van der Waals surface area (Å²) in [6.07, 6.45) is 3.60. The zero-order valence-corrected chi connectivity index (χ0v) is 13.9. The molecule has 0 aromatic heterocycles. The second kappa shape index (κ2) is 9.70. The lowest BCUT2D eigenvalue weighted by Gasteiger charge is -2.20. The minimum absolute atomic E-state index is 0.173. The molecule has 6 heteroatoms. The van der Waals surface area contributed by atoms with Crippen LogP contribution < -0.4 is 5.32 Å². The van der Waals surface area contributed by atoms with Crippen molar-refractivity contribution >= 4 is 23.6 Å². The first-order valence-electron chi connectivity index (χ1n) is 7.97. The molecule has 1 aromatic rings. The minimum Gasteiger partial charge on any atom is -0.396 e. The van der Waals surface area contributed by atoms with E-state index in [-0.39, 0.29) is 23.7 Å². The molecular weight excluding hydrogens is 314 g/mol. The lowest BCUT2D eigenvalue weighted by atomic mass is 10.1. The summed E-state index contributed by atoms with van der Waals surface area (Å²) in [5.41, 5.74) is 1.24. The van der Waals surface area contributed by atoms with Crippen molar-refractivity contribution in [1.29, 1.82) is 0 Å². The molecule has 1 aliphatic rings. The van der Waals surface area contributed by atoms with E-state index in [9.17, 15) is 9.59 Å². The molecule has 2 N–H and O–H groups in total. The molecule has 1 saturated heterocycles. The van der Waals surface area contributed by atoms with Gasteiger partial charge >= 0.3 is 0 Å². The van der Waals surface area contributed by atoms with Crippen molar-refractivity contribution in [3.63, 3.8) is 0 Å². The van der Waals surface area contributed by atoms with Crippen LogP contribution in [0.1, 0.15) is 31.2 Å². The number of piperidine rings is 1. The van der Waals surface area contributed by atoms with E-state index in [0.29, 0.717) is 32.5 Å². The first kappa shape index (κ1) is 18.0. The number of imide groups is 1. The minimum atomic E-state index is -0.185. The number of carbonyl (C=O) groups excluding carboxylic acids is 2. The summed E-state index contributed by atoms with van der Waals surface area (Å²) in [5.74, 6) is -0.362. The Morgan fingerprint density at radius 2 is 1.91 bits per heavy atom. The number of aryl methyl sites for hydroxylation is 1. The van der Waals surface area contributed by atoms with Crippen LogP contribution in [0.25, 0.3) is 0 Å². The third kappa shape index (κ3) is 6.33. The molecule has 1 fully saturated rings. The molecule has 23 heavy (non-hydrogen) atoms. The van der Waals surface area contributed by atoms with Crippen LogP contribution in [0.5, 0.6) is 0 Å². The van der Waals surface area contributed by atoms with Gasteiger partial charge in [-0.05, 0) is 43.4 Å². The monoisotopic (exact) mass is 337 g/mol. The molecule has 1 heterocycles. The van der Waals surface area contributed by atoms with Gasteiger partial charge in [0.05, 0.1) is 5.25 Å². The third-order valence-electron chi connectivity index (χ3n) is 3.59. The molecule has 2 amide bonds. The van der Waals surface area contributed by atoms with Gasteiger partial charge < -0.3 is 9.84 Å². The second-order valence-electron chi connectivity index (χ2n) is 5.49. The summed E-state index contributed by atoms with van der Waals surface area (Å²) in [5, 5.41) is 10.8. The number of aliphatic hydroxyl groups is 1. The molecular formula is C17H23NO4S. The Bertz CT molecular complexity index is 518. The standard InChI is InChI=1S/C17H23NO4S/c19-10-2-12-22-11-1-3-13-4-6-14(7-5-13)23-15-8-9-16(20)18-17(15)21/h4-7,15,19H,1-3,8-12H2,(H,18,20,21). The van der Waals surface area contributed by atoms with Gasteiger partial charge in [-0.1, -0.05) is 12.1 Å². The van der Waals surface area contributed by atoms with Gasteiger partial charge in [0.2, 0.25) is 11.8 Å². The van der Waals surface area contributed by atoms with E-state index in [2.05, 4.69) is 17.4 Å². The number of ether oxygens (including phenoxy) is 1. The molecule has 126 valence electrons. The summed E-state index contributed by atoms with van der Waals surface area (Å²) in [7, 11) is 0. The Labute approximate surface area is 140 Å². The summed E-state index contributed by atoms with van der Waals surface area (Å²) >= 11 is 1.51.